The largest absolute Gasteiger partial charge is 0.378 e. The maximum atomic E-state index is 12.0. The molecular weight excluding hydrogens is 278 g/mol. The van der Waals surface area contributed by atoms with Gasteiger partial charge in [0.05, 0.1) is 18.9 Å². The predicted octanol–water partition coefficient (Wildman–Crippen LogP) is 0.901. The van der Waals surface area contributed by atoms with Gasteiger partial charge < -0.3 is 9.64 Å². The van der Waals surface area contributed by atoms with Crippen LogP contribution in [-0.2, 0) is 19.3 Å². The van der Waals surface area contributed by atoms with Crippen LogP contribution in [0.25, 0.3) is 0 Å². The lowest BCUT2D eigenvalue weighted by Gasteiger charge is -2.29. The Balaban J connectivity index is 2.43. The van der Waals surface area contributed by atoms with Gasteiger partial charge in [-0.15, -0.1) is 0 Å². The van der Waals surface area contributed by atoms with Gasteiger partial charge in [0.2, 0.25) is 0 Å². The van der Waals surface area contributed by atoms with E-state index in [1.165, 1.54) is 6.26 Å². The first-order valence-electron chi connectivity index (χ1n) is 6.60. The molecule has 0 bridgehead atoms. The van der Waals surface area contributed by atoms with Crippen molar-refractivity contribution < 1.29 is 13.2 Å². The van der Waals surface area contributed by atoms with Crippen molar-refractivity contribution in [1.29, 1.82) is 0 Å². The quantitative estimate of drug-likeness (QED) is 0.826. The SMILES string of the molecule is Cc1nc(N2CCOCC2)cc(C(C)(C)S(C)(=O)=O)n1. The van der Waals surface area contributed by atoms with Crippen LogP contribution in [0, 0.1) is 6.92 Å². The molecule has 20 heavy (non-hydrogen) atoms. The Morgan fingerprint density at radius 2 is 1.85 bits per heavy atom. The maximum Gasteiger partial charge on any atom is 0.158 e. The van der Waals surface area contributed by atoms with Gasteiger partial charge in [-0.05, 0) is 20.8 Å². The lowest BCUT2D eigenvalue weighted by Crippen LogP contribution is -2.37. The Morgan fingerprint density at radius 3 is 2.40 bits per heavy atom. The molecular formula is C13H21N3O3S. The Labute approximate surface area is 120 Å². The molecule has 0 aliphatic carbocycles. The number of sulfone groups is 1. The number of anilines is 1. The standard InChI is InChI=1S/C13H21N3O3S/c1-10-14-11(13(2,3)20(4,17)18)9-12(15-10)16-5-7-19-8-6-16/h9H,5-8H2,1-4H3. The summed E-state index contributed by atoms with van der Waals surface area (Å²) in [5.74, 6) is 1.35. The van der Waals surface area contributed by atoms with Crippen LogP contribution in [-0.4, -0.2) is 50.9 Å². The Bertz CT molecular complexity index is 593. The number of nitrogens with zero attached hydrogens (tertiary/aromatic N) is 3. The lowest BCUT2D eigenvalue weighted by molar-refractivity contribution is 0.122. The average Bonchev–Trinajstić information content (AvgIpc) is 2.37. The number of ether oxygens (including phenoxy) is 1. The van der Waals surface area contributed by atoms with Gasteiger partial charge in [-0.1, -0.05) is 0 Å². The normalized spacial score (nSPS) is 17.3. The fourth-order valence-electron chi connectivity index (χ4n) is 2.00. The van der Waals surface area contributed by atoms with Crippen molar-refractivity contribution in [1.82, 2.24) is 9.97 Å². The molecule has 0 aromatic carbocycles. The van der Waals surface area contributed by atoms with Gasteiger partial charge in [-0.25, -0.2) is 18.4 Å². The Morgan fingerprint density at radius 1 is 1.25 bits per heavy atom. The van der Waals surface area contributed by atoms with E-state index >= 15 is 0 Å². The van der Waals surface area contributed by atoms with Crippen LogP contribution in [0.1, 0.15) is 25.4 Å². The summed E-state index contributed by atoms with van der Waals surface area (Å²) in [4.78, 5) is 10.8. The van der Waals surface area contributed by atoms with Gasteiger partial charge in [-0.2, -0.15) is 0 Å². The van der Waals surface area contributed by atoms with Crippen LogP contribution in [0.2, 0.25) is 0 Å². The number of aromatic nitrogens is 2. The summed E-state index contributed by atoms with van der Waals surface area (Å²) in [7, 11) is -3.25. The molecule has 1 fully saturated rings. The van der Waals surface area contributed by atoms with E-state index in [0.29, 0.717) is 24.7 Å². The number of hydrogen-bond donors (Lipinski definition) is 0. The first-order valence-corrected chi connectivity index (χ1v) is 8.49. The monoisotopic (exact) mass is 299 g/mol. The second-order valence-corrected chi connectivity index (χ2v) is 8.11. The molecule has 0 unspecified atom stereocenters. The Kier molecular flexibility index (Phi) is 4.02. The summed E-state index contributed by atoms with van der Waals surface area (Å²) >= 11 is 0. The van der Waals surface area contributed by atoms with Gasteiger partial charge in [-0.3, -0.25) is 0 Å². The molecule has 7 heteroatoms. The van der Waals surface area contributed by atoms with Crippen LogP contribution in [0.15, 0.2) is 6.07 Å². The van der Waals surface area contributed by atoms with Crippen LogP contribution in [0.4, 0.5) is 5.82 Å². The zero-order valence-corrected chi connectivity index (χ0v) is 13.2. The molecule has 112 valence electrons. The minimum atomic E-state index is -3.25. The first kappa shape index (κ1) is 15.2. The summed E-state index contributed by atoms with van der Waals surface area (Å²) < 4.78 is 28.2. The molecule has 0 amide bonds. The van der Waals surface area contributed by atoms with Crippen molar-refractivity contribution in [2.24, 2.45) is 0 Å². The molecule has 2 rings (SSSR count). The molecule has 1 aromatic rings. The minimum Gasteiger partial charge on any atom is -0.378 e. The van der Waals surface area contributed by atoms with Crippen molar-refractivity contribution in [3.8, 4) is 0 Å². The fraction of sp³-hybridized carbons (Fsp3) is 0.692. The van der Waals surface area contributed by atoms with E-state index in [4.69, 9.17) is 4.74 Å². The Hall–Kier alpha value is -1.21. The van der Waals surface area contributed by atoms with Crippen molar-refractivity contribution >= 4 is 15.7 Å². The van der Waals surface area contributed by atoms with E-state index in [0.717, 1.165) is 18.9 Å². The van der Waals surface area contributed by atoms with Gasteiger partial charge in [0.25, 0.3) is 0 Å². The maximum absolute atomic E-state index is 12.0. The molecule has 1 aliphatic heterocycles. The van der Waals surface area contributed by atoms with Crippen LogP contribution in [0.5, 0.6) is 0 Å². The van der Waals surface area contributed by atoms with Crippen molar-refractivity contribution in [3.05, 3.63) is 17.6 Å². The van der Waals surface area contributed by atoms with E-state index in [1.54, 1.807) is 26.8 Å². The number of rotatable bonds is 3. The summed E-state index contributed by atoms with van der Waals surface area (Å²) in [5.41, 5.74) is 0.536. The topological polar surface area (TPSA) is 72.4 Å². The highest BCUT2D eigenvalue weighted by Crippen LogP contribution is 2.29. The first-order chi connectivity index (χ1) is 9.22. The van der Waals surface area contributed by atoms with Gasteiger partial charge in [0, 0.05) is 25.4 Å². The van der Waals surface area contributed by atoms with Gasteiger partial charge >= 0.3 is 0 Å². The minimum absolute atomic E-state index is 0.536. The zero-order valence-electron chi connectivity index (χ0n) is 12.4. The second kappa shape index (κ2) is 5.29. The van der Waals surface area contributed by atoms with Gasteiger partial charge in [0.1, 0.15) is 16.4 Å². The molecule has 1 aromatic heterocycles. The number of aryl methyl sites for hydroxylation is 1. The summed E-state index contributed by atoms with van der Waals surface area (Å²) in [6.45, 7) is 7.97. The zero-order chi connectivity index (χ0) is 15.0. The second-order valence-electron chi connectivity index (χ2n) is 5.54. The van der Waals surface area contributed by atoms with Crippen molar-refractivity contribution in [2.75, 3.05) is 37.5 Å². The summed E-state index contributed by atoms with van der Waals surface area (Å²) in [6.07, 6.45) is 1.23. The van der Waals surface area contributed by atoms with Crippen LogP contribution < -0.4 is 4.90 Å². The molecule has 2 heterocycles. The lowest BCUT2D eigenvalue weighted by atomic mass is 10.1. The van der Waals surface area contributed by atoms with E-state index in [9.17, 15) is 8.42 Å². The van der Waals surface area contributed by atoms with E-state index in [-0.39, 0.29) is 0 Å². The third kappa shape index (κ3) is 2.93. The molecule has 0 spiro atoms. The van der Waals surface area contributed by atoms with Crippen molar-refractivity contribution in [3.63, 3.8) is 0 Å². The molecule has 0 N–H and O–H groups in total. The average molecular weight is 299 g/mol. The summed E-state index contributed by atoms with van der Waals surface area (Å²) in [5, 5.41) is 0. The molecule has 6 nitrogen and oxygen atoms in total. The fourth-order valence-corrected chi connectivity index (χ4v) is 2.49. The van der Waals surface area contributed by atoms with Crippen LogP contribution >= 0.6 is 0 Å². The van der Waals surface area contributed by atoms with E-state index < -0.39 is 14.6 Å². The highest BCUT2D eigenvalue weighted by molar-refractivity contribution is 7.91. The number of morpholine rings is 1. The van der Waals surface area contributed by atoms with Gasteiger partial charge in [0.15, 0.2) is 9.84 Å². The van der Waals surface area contributed by atoms with Crippen LogP contribution in [0.3, 0.4) is 0 Å². The van der Waals surface area contributed by atoms with Crippen molar-refractivity contribution in [2.45, 2.75) is 25.5 Å². The third-order valence-electron chi connectivity index (χ3n) is 3.70. The van der Waals surface area contributed by atoms with E-state index in [1.807, 2.05) is 0 Å². The molecule has 1 aliphatic rings. The van der Waals surface area contributed by atoms with E-state index in [2.05, 4.69) is 14.9 Å². The molecule has 0 atom stereocenters. The predicted molar refractivity (Wildman–Crippen MR) is 77.7 cm³/mol. The highest BCUT2D eigenvalue weighted by atomic mass is 32.2. The number of hydrogen-bond acceptors (Lipinski definition) is 6. The highest BCUT2D eigenvalue weighted by Gasteiger charge is 2.34. The smallest absolute Gasteiger partial charge is 0.158 e. The third-order valence-corrected chi connectivity index (χ3v) is 5.77. The molecule has 1 saturated heterocycles. The molecule has 0 radical (unpaired) electrons. The summed E-state index contributed by atoms with van der Waals surface area (Å²) in [6, 6.07) is 1.78. The molecule has 0 saturated carbocycles.